The van der Waals surface area contributed by atoms with Crippen molar-refractivity contribution in [1.82, 2.24) is 15.5 Å². The van der Waals surface area contributed by atoms with E-state index in [2.05, 4.69) is 20.8 Å². The Hall–Kier alpha value is -1.89. The monoisotopic (exact) mass is 266 g/mol. The van der Waals surface area contributed by atoms with Gasteiger partial charge in [-0.15, -0.1) is 11.3 Å². The summed E-state index contributed by atoms with van der Waals surface area (Å²) in [6, 6.07) is 1.64. The van der Waals surface area contributed by atoms with E-state index >= 15 is 0 Å². The molecule has 0 bridgehead atoms. The second kappa shape index (κ2) is 5.18. The van der Waals surface area contributed by atoms with E-state index < -0.39 is 0 Å². The van der Waals surface area contributed by atoms with Crippen molar-refractivity contribution >= 4 is 23.1 Å². The van der Waals surface area contributed by atoms with E-state index in [0.717, 1.165) is 4.88 Å². The summed E-state index contributed by atoms with van der Waals surface area (Å²) in [6.45, 7) is 5.55. The van der Waals surface area contributed by atoms with Gasteiger partial charge in [-0.05, 0) is 32.2 Å². The van der Waals surface area contributed by atoms with Crippen molar-refractivity contribution in [3.05, 3.63) is 17.3 Å². The number of thiophene rings is 1. The molecule has 0 radical (unpaired) electrons. The van der Waals surface area contributed by atoms with E-state index in [0.29, 0.717) is 17.4 Å². The summed E-state index contributed by atoms with van der Waals surface area (Å²) in [6.07, 6.45) is 0. The predicted molar refractivity (Wildman–Crippen MR) is 69.6 cm³/mol. The summed E-state index contributed by atoms with van der Waals surface area (Å²) in [4.78, 5) is 16.5. The molecule has 0 aliphatic heterocycles. The Bertz CT molecular complexity index is 547. The van der Waals surface area contributed by atoms with E-state index in [4.69, 9.17) is 4.52 Å². The number of hydrogen-bond donors (Lipinski definition) is 2. The number of amides is 2. The van der Waals surface area contributed by atoms with E-state index in [1.807, 2.05) is 19.2 Å². The third kappa shape index (κ3) is 2.86. The molecule has 2 aromatic rings. The summed E-state index contributed by atoms with van der Waals surface area (Å²) < 4.78 is 5.09. The number of rotatable bonds is 3. The molecular formula is C11H14N4O2S. The van der Waals surface area contributed by atoms with Gasteiger partial charge in [0.1, 0.15) is 4.88 Å². The molecule has 0 aromatic carbocycles. The Labute approximate surface area is 108 Å². The van der Waals surface area contributed by atoms with Gasteiger partial charge in [-0.25, -0.2) is 4.79 Å². The Kier molecular flexibility index (Phi) is 3.61. The molecule has 0 saturated carbocycles. The number of nitrogens with zero attached hydrogens (tertiary/aromatic N) is 2. The maximum absolute atomic E-state index is 11.6. The second-order valence-electron chi connectivity index (χ2n) is 4.06. The Morgan fingerprint density at radius 2 is 2.28 bits per heavy atom. The lowest BCUT2D eigenvalue weighted by molar-refractivity contribution is 0.250. The molecule has 0 fully saturated rings. The van der Waals surface area contributed by atoms with Crippen LogP contribution in [-0.4, -0.2) is 22.2 Å². The van der Waals surface area contributed by atoms with E-state index in [1.165, 1.54) is 11.3 Å². The Balaban J connectivity index is 2.16. The summed E-state index contributed by atoms with van der Waals surface area (Å²) in [5.74, 6) is 0.985. The lowest BCUT2D eigenvalue weighted by Gasteiger charge is -2.09. The minimum absolute atomic E-state index is 0.0812. The molecule has 96 valence electrons. The topological polar surface area (TPSA) is 80.0 Å². The lowest BCUT2D eigenvalue weighted by Crippen LogP contribution is -2.34. The van der Waals surface area contributed by atoms with Gasteiger partial charge in [0.2, 0.25) is 0 Å². The fraction of sp³-hybridized carbons (Fsp3) is 0.364. The molecule has 18 heavy (non-hydrogen) atoms. The fourth-order valence-electron chi connectivity index (χ4n) is 1.38. The molecule has 6 nitrogen and oxygen atoms in total. The number of hydrogen-bond acceptors (Lipinski definition) is 5. The van der Waals surface area contributed by atoms with Crippen LogP contribution in [0.25, 0.3) is 10.8 Å². The molecule has 2 aromatic heterocycles. The van der Waals surface area contributed by atoms with Gasteiger partial charge < -0.3 is 15.2 Å². The zero-order chi connectivity index (χ0) is 13.1. The first-order valence-corrected chi connectivity index (χ1v) is 6.40. The van der Waals surface area contributed by atoms with Crippen LogP contribution >= 0.6 is 11.3 Å². The highest BCUT2D eigenvalue weighted by atomic mass is 32.1. The molecule has 0 saturated heterocycles. The van der Waals surface area contributed by atoms with E-state index in [-0.39, 0.29) is 12.1 Å². The number of anilines is 1. The SMILES string of the molecule is Cc1noc(-c2sccc2NC(=O)NC(C)C)n1. The molecule has 0 aliphatic carbocycles. The van der Waals surface area contributed by atoms with Gasteiger partial charge in [0.15, 0.2) is 5.82 Å². The average Bonchev–Trinajstić information content (AvgIpc) is 2.85. The highest BCUT2D eigenvalue weighted by Gasteiger charge is 2.15. The standard InChI is InChI=1S/C11H14N4O2S/c1-6(2)12-11(16)14-8-4-5-18-9(8)10-13-7(3)15-17-10/h4-6H,1-3H3,(H2,12,14,16). The molecule has 2 heterocycles. The van der Waals surface area contributed by atoms with Crippen molar-refractivity contribution in [2.75, 3.05) is 5.32 Å². The van der Waals surface area contributed by atoms with Crippen LogP contribution in [0.15, 0.2) is 16.0 Å². The molecule has 2 rings (SSSR count). The molecule has 2 N–H and O–H groups in total. The summed E-state index contributed by atoms with van der Waals surface area (Å²) in [5, 5.41) is 11.1. The van der Waals surface area contributed by atoms with Gasteiger partial charge in [-0.2, -0.15) is 4.98 Å². The highest BCUT2D eigenvalue weighted by molar-refractivity contribution is 7.14. The minimum Gasteiger partial charge on any atom is -0.336 e. The largest absolute Gasteiger partial charge is 0.336 e. The van der Waals surface area contributed by atoms with Crippen molar-refractivity contribution in [3.63, 3.8) is 0 Å². The molecule has 0 atom stereocenters. The number of aryl methyl sites for hydroxylation is 1. The Morgan fingerprint density at radius 1 is 1.50 bits per heavy atom. The van der Waals surface area contributed by atoms with Crippen LogP contribution in [0.3, 0.4) is 0 Å². The number of urea groups is 1. The van der Waals surface area contributed by atoms with Crippen molar-refractivity contribution in [2.45, 2.75) is 26.8 Å². The molecule has 0 aliphatic rings. The van der Waals surface area contributed by atoms with Gasteiger partial charge in [0.05, 0.1) is 5.69 Å². The third-order valence-corrected chi connectivity index (χ3v) is 2.96. The van der Waals surface area contributed by atoms with E-state index in [9.17, 15) is 4.79 Å². The molecule has 7 heteroatoms. The molecule has 0 unspecified atom stereocenters. The first-order valence-electron chi connectivity index (χ1n) is 5.52. The van der Waals surface area contributed by atoms with Crippen molar-refractivity contribution < 1.29 is 9.32 Å². The number of aromatic nitrogens is 2. The smallest absolute Gasteiger partial charge is 0.319 e. The quantitative estimate of drug-likeness (QED) is 0.895. The van der Waals surface area contributed by atoms with Crippen molar-refractivity contribution in [1.29, 1.82) is 0 Å². The van der Waals surface area contributed by atoms with Gasteiger partial charge in [0.25, 0.3) is 5.89 Å². The van der Waals surface area contributed by atoms with Crippen LogP contribution < -0.4 is 10.6 Å². The van der Waals surface area contributed by atoms with Crippen molar-refractivity contribution in [3.8, 4) is 10.8 Å². The number of nitrogens with one attached hydrogen (secondary N) is 2. The van der Waals surface area contributed by atoms with Gasteiger partial charge >= 0.3 is 6.03 Å². The summed E-state index contributed by atoms with van der Waals surface area (Å²) in [5.41, 5.74) is 0.668. The molecular weight excluding hydrogens is 252 g/mol. The van der Waals surface area contributed by atoms with Gasteiger partial charge in [-0.1, -0.05) is 5.16 Å². The van der Waals surface area contributed by atoms with E-state index in [1.54, 1.807) is 13.0 Å². The first kappa shape index (κ1) is 12.6. The summed E-state index contributed by atoms with van der Waals surface area (Å²) in [7, 11) is 0. The highest BCUT2D eigenvalue weighted by Crippen LogP contribution is 2.32. The van der Waals surface area contributed by atoms with Crippen LogP contribution in [0.5, 0.6) is 0 Å². The van der Waals surface area contributed by atoms with Crippen molar-refractivity contribution in [2.24, 2.45) is 0 Å². The van der Waals surface area contributed by atoms with Gasteiger partial charge in [-0.3, -0.25) is 0 Å². The second-order valence-corrected chi connectivity index (χ2v) is 4.98. The first-order chi connectivity index (χ1) is 8.56. The zero-order valence-electron chi connectivity index (χ0n) is 10.4. The zero-order valence-corrected chi connectivity index (χ0v) is 11.2. The van der Waals surface area contributed by atoms with Gasteiger partial charge in [0, 0.05) is 6.04 Å². The number of carbonyl (C=O) groups is 1. The minimum atomic E-state index is -0.249. The van der Waals surface area contributed by atoms with Crippen LogP contribution in [0.2, 0.25) is 0 Å². The lowest BCUT2D eigenvalue weighted by atomic mass is 10.3. The predicted octanol–water partition coefficient (Wildman–Crippen LogP) is 2.64. The maximum atomic E-state index is 11.6. The van der Waals surface area contributed by atoms with Crippen LogP contribution in [0.1, 0.15) is 19.7 Å². The van der Waals surface area contributed by atoms with Crippen LogP contribution in [-0.2, 0) is 0 Å². The Morgan fingerprint density at radius 3 is 2.89 bits per heavy atom. The van der Waals surface area contributed by atoms with Crippen LogP contribution in [0, 0.1) is 6.92 Å². The fourth-order valence-corrected chi connectivity index (χ4v) is 2.15. The molecule has 0 spiro atoms. The average molecular weight is 266 g/mol. The van der Waals surface area contributed by atoms with Crippen LogP contribution in [0.4, 0.5) is 10.5 Å². The maximum Gasteiger partial charge on any atom is 0.319 e. The third-order valence-electron chi connectivity index (χ3n) is 2.06. The molecule has 2 amide bonds. The normalized spacial score (nSPS) is 10.7. The summed E-state index contributed by atoms with van der Waals surface area (Å²) >= 11 is 1.44. The number of carbonyl (C=O) groups excluding carboxylic acids is 1.